The number of aromatic nitrogens is 2. The van der Waals surface area contributed by atoms with E-state index in [-0.39, 0.29) is 0 Å². The largest absolute Gasteiger partial charge is 0.358 e. The molecule has 0 saturated carbocycles. The van der Waals surface area contributed by atoms with Crippen molar-refractivity contribution in [2.45, 2.75) is 32.4 Å². The normalized spacial score (nSPS) is 21.8. The quantitative estimate of drug-likeness (QED) is 0.672. The summed E-state index contributed by atoms with van der Waals surface area (Å²) in [6, 6.07) is 9.10. The topological polar surface area (TPSA) is 27.0 Å². The van der Waals surface area contributed by atoms with E-state index in [1.165, 1.54) is 34.8 Å². The molecule has 2 fully saturated rings. The maximum atomic E-state index is 5.04. The van der Waals surface area contributed by atoms with Gasteiger partial charge in [0.15, 0.2) is 0 Å². The zero-order chi connectivity index (χ0) is 19.1. The lowest BCUT2D eigenvalue weighted by Crippen LogP contribution is -2.46. The number of thiophene rings is 1. The van der Waals surface area contributed by atoms with E-state index >= 15 is 0 Å². The van der Waals surface area contributed by atoms with Crippen molar-refractivity contribution in [1.29, 1.82) is 0 Å². The average Bonchev–Trinajstić information content (AvgIpc) is 3.44. The smallest absolute Gasteiger partial charge is 0.138 e. The number of hydrogen-bond donors (Lipinski definition) is 0. The van der Waals surface area contributed by atoms with Crippen molar-refractivity contribution in [2.75, 3.05) is 44.7 Å². The van der Waals surface area contributed by atoms with Crippen molar-refractivity contribution < 1.29 is 0 Å². The van der Waals surface area contributed by atoms with Gasteiger partial charge in [0.2, 0.25) is 0 Å². The summed E-state index contributed by atoms with van der Waals surface area (Å²) in [7, 11) is 2.24. The number of imidazole rings is 1. The van der Waals surface area contributed by atoms with Gasteiger partial charge in [-0.05, 0) is 56.0 Å². The van der Waals surface area contributed by atoms with Gasteiger partial charge in [-0.25, -0.2) is 4.98 Å². The third-order valence-corrected chi connectivity index (χ3v) is 7.34. The molecule has 0 aliphatic carbocycles. The summed E-state index contributed by atoms with van der Waals surface area (Å²) < 4.78 is 2.30. The van der Waals surface area contributed by atoms with Crippen LogP contribution < -0.4 is 4.90 Å². The molecule has 5 heterocycles. The van der Waals surface area contributed by atoms with E-state index in [2.05, 4.69) is 68.9 Å². The van der Waals surface area contributed by atoms with E-state index < -0.39 is 0 Å². The van der Waals surface area contributed by atoms with Crippen LogP contribution in [0, 0.1) is 6.92 Å². The molecule has 0 bridgehead atoms. The fourth-order valence-electron chi connectivity index (χ4n) is 4.54. The van der Waals surface area contributed by atoms with E-state index in [0.717, 1.165) is 44.9 Å². The zero-order valence-electron chi connectivity index (χ0n) is 16.8. The van der Waals surface area contributed by atoms with Crippen molar-refractivity contribution in [2.24, 2.45) is 0 Å². The molecular weight excluding hydrogens is 366 g/mol. The van der Waals surface area contributed by atoms with Crippen LogP contribution in [0.4, 0.5) is 5.82 Å². The van der Waals surface area contributed by atoms with Gasteiger partial charge < -0.3 is 4.90 Å². The minimum absolute atomic E-state index is 0.348. The molecule has 3 aromatic rings. The van der Waals surface area contributed by atoms with E-state index in [0.29, 0.717) is 6.04 Å². The Labute approximate surface area is 171 Å². The molecular formula is C22H29N5S. The van der Waals surface area contributed by atoms with Crippen LogP contribution in [0.3, 0.4) is 0 Å². The molecule has 3 aromatic heterocycles. The Balaban J connectivity index is 1.41. The highest BCUT2D eigenvalue weighted by molar-refractivity contribution is 7.10. The molecule has 148 valence electrons. The lowest BCUT2D eigenvalue weighted by atomic mass is 10.1. The van der Waals surface area contributed by atoms with Crippen LogP contribution in [0.15, 0.2) is 35.8 Å². The summed E-state index contributed by atoms with van der Waals surface area (Å²) in [5, 5.41) is 2.21. The van der Waals surface area contributed by atoms with Crippen LogP contribution in [0.25, 0.3) is 5.65 Å². The second-order valence-corrected chi connectivity index (χ2v) is 9.23. The highest BCUT2D eigenvalue weighted by atomic mass is 32.1. The fourth-order valence-corrected chi connectivity index (χ4v) is 5.49. The fraction of sp³-hybridized carbons (Fsp3) is 0.500. The number of likely N-dealkylation sites (N-methyl/N-ethyl adjacent to an activating group) is 1. The summed E-state index contributed by atoms with van der Waals surface area (Å²) in [6.45, 7) is 8.84. The third-order valence-electron chi connectivity index (χ3n) is 6.33. The van der Waals surface area contributed by atoms with Gasteiger partial charge in [-0.2, -0.15) is 0 Å². The van der Waals surface area contributed by atoms with Crippen molar-refractivity contribution >= 4 is 22.8 Å². The average molecular weight is 396 g/mol. The molecule has 0 radical (unpaired) electrons. The van der Waals surface area contributed by atoms with E-state index in [9.17, 15) is 0 Å². The molecule has 0 N–H and O–H groups in total. The highest BCUT2D eigenvalue weighted by Crippen LogP contribution is 2.29. The molecule has 28 heavy (non-hydrogen) atoms. The van der Waals surface area contributed by atoms with Crippen molar-refractivity contribution in [3.8, 4) is 0 Å². The SMILES string of the molecule is Cc1ccsc1CN1CCN(C)[C@@H](c2cn3c(N4CCCC4)cccc3n2)C1. The van der Waals surface area contributed by atoms with Gasteiger partial charge in [0.1, 0.15) is 11.5 Å². The number of hydrogen-bond acceptors (Lipinski definition) is 5. The first-order chi connectivity index (χ1) is 13.7. The first-order valence-electron chi connectivity index (χ1n) is 10.4. The third kappa shape index (κ3) is 3.34. The number of nitrogens with zero attached hydrogens (tertiary/aromatic N) is 5. The number of rotatable bonds is 4. The van der Waals surface area contributed by atoms with Crippen molar-refractivity contribution in [1.82, 2.24) is 19.2 Å². The van der Waals surface area contributed by atoms with Gasteiger partial charge in [-0.1, -0.05) is 6.07 Å². The summed E-state index contributed by atoms with van der Waals surface area (Å²) in [4.78, 5) is 14.1. The Kier molecular flexibility index (Phi) is 4.87. The maximum absolute atomic E-state index is 5.04. The lowest BCUT2D eigenvalue weighted by molar-refractivity contribution is 0.0891. The van der Waals surface area contributed by atoms with Gasteiger partial charge in [0, 0.05) is 50.3 Å². The molecule has 5 nitrogen and oxygen atoms in total. The Morgan fingerprint density at radius 3 is 2.75 bits per heavy atom. The first-order valence-corrected chi connectivity index (χ1v) is 11.3. The van der Waals surface area contributed by atoms with Gasteiger partial charge in [0.25, 0.3) is 0 Å². The molecule has 1 atom stereocenters. The van der Waals surface area contributed by atoms with E-state index in [4.69, 9.17) is 4.98 Å². The zero-order valence-corrected chi connectivity index (χ0v) is 17.7. The number of piperazine rings is 1. The molecule has 0 aromatic carbocycles. The Morgan fingerprint density at radius 2 is 1.96 bits per heavy atom. The minimum atomic E-state index is 0.348. The van der Waals surface area contributed by atoms with Crippen LogP contribution in [0.5, 0.6) is 0 Å². The molecule has 0 unspecified atom stereocenters. The predicted molar refractivity (Wildman–Crippen MR) is 116 cm³/mol. The number of anilines is 1. The van der Waals surface area contributed by atoms with Gasteiger partial charge in [0.05, 0.1) is 11.7 Å². The summed E-state index contributed by atoms with van der Waals surface area (Å²) in [5.74, 6) is 1.29. The second kappa shape index (κ2) is 7.50. The minimum Gasteiger partial charge on any atom is -0.358 e. The van der Waals surface area contributed by atoms with Crippen LogP contribution in [-0.2, 0) is 6.54 Å². The number of fused-ring (bicyclic) bond motifs is 1. The van der Waals surface area contributed by atoms with Crippen LogP contribution in [-0.4, -0.2) is 59.0 Å². The van der Waals surface area contributed by atoms with Crippen LogP contribution in [0.2, 0.25) is 0 Å². The molecule has 5 rings (SSSR count). The van der Waals surface area contributed by atoms with E-state index in [1.807, 2.05) is 11.3 Å². The molecule has 6 heteroatoms. The molecule has 0 spiro atoms. The Bertz CT molecular complexity index is 955. The summed E-state index contributed by atoms with van der Waals surface area (Å²) >= 11 is 1.88. The van der Waals surface area contributed by atoms with E-state index in [1.54, 1.807) is 0 Å². The molecule has 2 saturated heterocycles. The van der Waals surface area contributed by atoms with Gasteiger partial charge in [-0.3, -0.25) is 14.2 Å². The predicted octanol–water partition coefficient (Wildman–Crippen LogP) is 3.79. The number of pyridine rings is 1. The van der Waals surface area contributed by atoms with Gasteiger partial charge >= 0.3 is 0 Å². The maximum Gasteiger partial charge on any atom is 0.138 e. The van der Waals surface area contributed by atoms with Crippen molar-refractivity contribution in [3.63, 3.8) is 0 Å². The Hall–Kier alpha value is -1.89. The van der Waals surface area contributed by atoms with Crippen LogP contribution >= 0.6 is 11.3 Å². The number of aryl methyl sites for hydroxylation is 1. The Morgan fingerprint density at radius 1 is 1.11 bits per heavy atom. The first kappa shape index (κ1) is 18.2. The van der Waals surface area contributed by atoms with Crippen LogP contribution in [0.1, 0.15) is 35.0 Å². The highest BCUT2D eigenvalue weighted by Gasteiger charge is 2.28. The summed E-state index contributed by atoms with van der Waals surface area (Å²) in [5.41, 5.74) is 3.68. The standard InChI is InChI=1S/C22H29N5S/c1-17-8-13-28-20(17)16-25-12-11-24(2)19(15-25)18-14-27-21(23-18)6-5-7-22(27)26-9-3-4-10-26/h5-8,13-14,19H,3-4,9-12,15-16H2,1-2H3/t19-/m1/s1. The lowest BCUT2D eigenvalue weighted by Gasteiger charge is -2.38. The summed E-state index contributed by atoms with van der Waals surface area (Å²) in [6.07, 6.45) is 4.87. The van der Waals surface area contributed by atoms with Crippen molar-refractivity contribution in [3.05, 3.63) is 52.0 Å². The molecule has 2 aliphatic heterocycles. The monoisotopic (exact) mass is 395 g/mol. The molecule has 0 amide bonds. The molecule has 2 aliphatic rings. The second-order valence-electron chi connectivity index (χ2n) is 8.23. The van der Waals surface area contributed by atoms with Gasteiger partial charge in [-0.15, -0.1) is 11.3 Å².